The van der Waals surface area contributed by atoms with Crippen LogP contribution in [0.25, 0.3) is 11.3 Å². The maximum absolute atomic E-state index is 11.5. The molecule has 0 fully saturated rings. The topological polar surface area (TPSA) is 58.9 Å². The fourth-order valence-corrected chi connectivity index (χ4v) is 3.58. The van der Waals surface area contributed by atoms with Crippen LogP contribution in [-0.4, -0.2) is 20.1 Å². The summed E-state index contributed by atoms with van der Waals surface area (Å²) in [6.07, 6.45) is 7.87. The zero-order valence-electron chi connectivity index (χ0n) is 15.0. The Bertz CT molecular complexity index is 1020. The van der Waals surface area contributed by atoms with Crippen LogP contribution in [0.3, 0.4) is 0 Å². The van der Waals surface area contributed by atoms with E-state index < -0.39 is 6.10 Å². The van der Waals surface area contributed by atoms with Gasteiger partial charge in [0.05, 0.1) is 11.8 Å². The summed E-state index contributed by atoms with van der Waals surface area (Å²) in [6.45, 7) is 0. The van der Waals surface area contributed by atoms with Crippen LogP contribution in [0.15, 0.2) is 91.6 Å². The van der Waals surface area contributed by atoms with Crippen LogP contribution in [0.5, 0.6) is 0 Å². The molecule has 4 rings (SSSR count). The van der Waals surface area contributed by atoms with E-state index in [1.54, 1.807) is 31.0 Å². The SMILES string of the molecule is OC(c1cccnc1-c1cccc(Cl)c1)C(c1cccnc1)c1cccnc1. The molecule has 138 valence electrons. The minimum Gasteiger partial charge on any atom is -0.387 e. The quantitative estimate of drug-likeness (QED) is 0.520. The van der Waals surface area contributed by atoms with Crippen LogP contribution in [0.1, 0.15) is 28.7 Å². The lowest BCUT2D eigenvalue weighted by Crippen LogP contribution is -2.14. The minimum absolute atomic E-state index is 0.329. The van der Waals surface area contributed by atoms with E-state index in [9.17, 15) is 5.11 Å². The highest BCUT2D eigenvalue weighted by atomic mass is 35.5. The van der Waals surface area contributed by atoms with Gasteiger partial charge < -0.3 is 5.11 Å². The molecule has 0 saturated heterocycles. The molecule has 3 heterocycles. The molecular formula is C23H18ClN3O. The number of rotatable bonds is 5. The van der Waals surface area contributed by atoms with Crippen molar-refractivity contribution in [3.8, 4) is 11.3 Å². The molecule has 28 heavy (non-hydrogen) atoms. The highest BCUT2D eigenvalue weighted by Crippen LogP contribution is 2.39. The normalized spacial score (nSPS) is 12.1. The Morgan fingerprint density at radius 3 is 2.07 bits per heavy atom. The van der Waals surface area contributed by atoms with Gasteiger partial charge in [0.2, 0.25) is 0 Å². The molecule has 0 aliphatic carbocycles. The zero-order valence-corrected chi connectivity index (χ0v) is 15.7. The highest BCUT2D eigenvalue weighted by Gasteiger charge is 2.27. The molecule has 1 aromatic carbocycles. The van der Waals surface area contributed by atoms with E-state index >= 15 is 0 Å². The summed E-state index contributed by atoms with van der Waals surface area (Å²) < 4.78 is 0. The number of aliphatic hydroxyl groups excluding tert-OH is 1. The Balaban J connectivity index is 1.84. The van der Waals surface area contributed by atoms with Gasteiger partial charge in [0.1, 0.15) is 0 Å². The molecule has 0 aliphatic heterocycles. The molecule has 0 saturated carbocycles. The van der Waals surface area contributed by atoms with Crippen molar-refractivity contribution < 1.29 is 5.11 Å². The van der Waals surface area contributed by atoms with Gasteiger partial charge in [-0.2, -0.15) is 0 Å². The Hall–Kier alpha value is -3.08. The summed E-state index contributed by atoms with van der Waals surface area (Å²) in [5.74, 6) is -0.329. The Morgan fingerprint density at radius 2 is 1.46 bits per heavy atom. The number of hydrogen-bond acceptors (Lipinski definition) is 4. The van der Waals surface area contributed by atoms with Gasteiger partial charge in [-0.25, -0.2) is 0 Å². The monoisotopic (exact) mass is 387 g/mol. The molecule has 1 N–H and O–H groups in total. The molecule has 3 aromatic heterocycles. The number of benzene rings is 1. The largest absolute Gasteiger partial charge is 0.387 e. The minimum atomic E-state index is -0.837. The molecular weight excluding hydrogens is 370 g/mol. The molecule has 1 unspecified atom stereocenters. The van der Waals surface area contributed by atoms with Gasteiger partial charge in [-0.15, -0.1) is 0 Å². The standard InChI is InChI=1S/C23H18ClN3O/c24-19-8-1-5-16(13-19)22-20(9-4-12-27-22)23(28)21(17-6-2-10-25-14-17)18-7-3-11-26-15-18/h1-15,21,23,28H. The second-order valence-electron chi connectivity index (χ2n) is 6.45. The molecule has 4 aromatic rings. The van der Waals surface area contributed by atoms with Gasteiger partial charge >= 0.3 is 0 Å². The third-order valence-electron chi connectivity index (χ3n) is 4.66. The smallest absolute Gasteiger partial charge is 0.0921 e. The summed E-state index contributed by atoms with van der Waals surface area (Å²) in [4.78, 5) is 13.0. The third-order valence-corrected chi connectivity index (χ3v) is 4.89. The van der Waals surface area contributed by atoms with Crippen LogP contribution in [0.2, 0.25) is 5.02 Å². The van der Waals surface area contributed by atoms with Gasteiger partial charge in [-0.05, 0) is 41.5 Å². The van der Waals surface area contributed by atoms with E-state index in [1.807, 2.05) is 60.7 Å². The number of aliphatic hydroxyl groups is 1. The van der Waals surface area contributed by atoms with Gasteiger partial charge in [-0.3, -0.25) is 15.0 Å². The maximum Gasteiger partial charge on any atom is 0.0921 e. The molecule has 0 amide bonds. The first-order valence-electron chi connectivity index (χ1n) is 8.93. The fourth-order valence-electron chi connectivity index (χ4n) is 3.39. The summed E-state index contributed by atoms with van der Waals surface area (Å²) in [7, 11) is 0. The van der Waals surface area contributed by atoms with Crippen molar-refractivity contribution in [3.63, 3.8) is 0 Å². The zero-order chi connectivity index (χ0) is 19.3. The summed E-state index contributed by atoms with van der Waals surface area (Å²) >= 11 is 6.17. The lowest BCUT2D eigenvalue weighted by atomic mass is 9.84. The summed E-state index contributed by atoms with van der Waals surface area (Å²) in [5, 5.41) is 12.1. The van der Waals surface area contributed by atoms with Gasteiger partial charge in [-0.1, -0.05) is 41.9 Å². The first-order valence-corrected chi connectivity index (χ1v) is 9.30. The van der Waals surface area contributed by atoms with Crippen molar-refractivity contribution >= 4 is 11.6 Å². The molecule has 4 nitrogen and oxygen atoms in total. The van der Waals surface area contributed by atoms with Crippen LogP contribution >= 0.6 is 11.6 Å². The van der Waals surface area contributed by atoms with Gasteiger partial charge in [0, 0.05) is 53.1 Å². The summed E-state index contributed by atoms with van der Waals surface area (Å²) in [5.41, 5.74) is 4.10. The van der Waals surface area contributed by atoms with Crippen molar-refractivity contribution in [1.29, 1.82) is 0 Å². The molecule has 0 aliphatic rings. The highest BCUT2D eigenvalue weighted by molar-refractivity contribution is 6.30. The molecule has 0 radical (unpaired) electrons. The average Bonchev–Trinajstić information content (AvgIpc) is 2.75. The molecule has 0 spiro atoms. The van der Waals surface area contributed by atoms with E-state index in [1.165, 1.54) is 0 Å². The number of pyridine rings is 3. The number of hydrogen-bond donors (Lipinski definition) is 1. The van der Waals surface area contributed by atoms with Crippen molar-refractivity contribution in [2.75, 3.05) is 0 Å². The van der Waals surface area contributed by atoms with Crippen LogP contribution in [0.4, 0.5) is 0 Å². The first kappa shape index (κ1) is 18.3. The van der Waals surface area contributed by atoms with Crippen molar-refractivity contribution in [1.82, 2.24) is 15.0 Å². The third kappa shape index (κ3) is 3.79. The van der Waals surface area contributed by atoms with E-state index in [0.717, 1.165) is 22.3 Å². The predicted octanol–water partition coefficient (Wildman–Crippen LogP) is 5.06. The average molecular weight is 388 g/mol. The Kier molecular flexibility index (Phi) is 5.42. The fraction of sp³-hybridized carbons (Fsp3) is 0.0870. The number of halogens is 1. The van der Waals surface area contributed by atoms with Crippen molar-refractivity contribution in [2.24, 2.45) is 0 Å². The van der Waals surface area contributed by atoms with E-state index in [-0.39, 0.29) is 5.92 Å². The Morgan fingerprint density at radius 1 is 0.786 bits per heavy atom. The van der Waals surface area contributed by atoms with Crippen molar-refractivity contribution in [2.45, 2.75) is 12.0 Å². The first-order chi connectivity index (χ1) is 13.7. The molecule has 5 heteroatoms. The second kappa shape index (κ2) is 8.30. The summed E-state index contributed by atoms with van der Waals surface area (Å²) in [6, 6.07) is 18.9. The van der Waals surface area contributed by atoms with Gasteiger partial charge in [0.25, 0.3) is 0 Å². The number of aromatic nitrogens is 3. The lowest BCUT2D eigenvalue weighted by molar-refractivity contribution is 0.159. The van der Waals surface area contributed by atoms with Crippen LogP contribution < -0.4 is 0 Å². The lowest BCUT2D eigenvalue weighted by Gasteiger charge is -2.25. The predicted molar refractivity (Wildman–Crippen MR) is 110 cm³/mol. The molecule has 1 atom stereocenters. The van der Waals surface area contributed by atoms with Crippen LogP contribution in [-0.2, 0) is 0 Å². The van der Waals surface area contributed by atoms with E-state index in [2.05, 4.69) is 15.0 Å². The van der Waals surface area contributed by atoms with E-state index in [4.69, 9.17) is 11.6 Å². The van der Waals surface area contributed by atoms with Crippen LogP contribution in [0, 0.1) is 0 Å². The number of nitrogens with zero attached hydrogens (tertiary/aromatic N) is 3. The maximum atomic E-state index is 11.5. The van der Waals surface area contributed by atoms with E-state index in [0.29, 0.717) is 10.7 Å². The molecule has 0 bridgehead atoms. The van der Waals surface area contributed by atoms with Gasteiger partial charge in [0.15, 0.2) is 0 Å². The Labute approximate surface area is 168 Å². The van der Waals surface area contributed by atoms with Crippen molar-refractivity contribution in [3.05, 3.63) is 113 Å². The second-order valence-corrected chi connectivity index (χ2v) is 6.88.